The Morgan fingerprint density at radius 3 is 0.620 bits per heavy atom. The zero-order chi connectivity index (χ0) is 86.1. The number of rotatable bonds is 10. The molecule has 4 N–H and O–H groups in total. The second kappa shape index (κ2) is 28.9. The van der Waals surface area contributed by atoms with E-state index in [0.717, 1.165) is 12.1 Å². The van der Waals surface area contributed by atoms with E-state index in [0.29, 0.717) is 32.7 Å². The van der Waals surface area contributed by atoms with Gasteiger partial charge in [-0.3, -0.25) is 0 Å². The second-order valence-corrected chi connectivity index (χ2v) is 48.0. The molecule has 38 nitrogen and oxygen atoms in total. The summed E-state index contributed by atoms with van der Waals surface area (Å²) in [6, 6.07) is 33.3. The third kappa shape index (κ3) is 14.7. The fourth-order valence-electron chi connectivity index (χ4n) is 13.9. The first kappa shape index (κ1) is 85.3. The van der Waals surface area contributed by atoms with Crippen molar-refractivity contribution in [3.05, 3.63) is 133 Å². The third-order valence-corrected chi connectivity index (χ3v) is 31.7. The van der Waals surface area contributed by atoms with Crippen LogP contribution in [0.5, 0.6) is 0 Å². The van der Waals surface area contributed by atoms with Crippen molar-refractivity contribution in [2.75, 3.05) is 0 Å². The van der Waals surface area contributed by atoms with Crippen molar-refractivity contribution in [3.63, 3.8) is 0 Å². The van der Waals surface area contributed by atoms with Crippen LogP contribution in [0.4, 0.5) is 0 Å². The van der Waals surface area contributed by atoms with Gasteiger partial charge in [0.1, 0.15) is 105 Å². The van der Waals surface area contributed by atoms with E-state index in [1.807, 2.05) is 0 Å². The molecule has 4 aliphatic rings. The van der Waals surface area contributed by atoms with E-state index in [-0.39, 0.29) is 96.9 Å². The minimum atomic E-state index is -5.71. The van der Waals surface area contributed by atoms with Crippen LogP contribution in [0.3, 0.4) is 0 Å². The standard InChI is InChI=1S/2C32H14Cl4N8O11S5.Cu/c2*33-56(45,46)21-19-20(22(57(34,47)48)24(59(36,51)52)23(21)58(35,49)50)32-43-30-18-16(10-5-11-17(18)60(53,54)55)29(42-30)40-27-13-7-2-1-6-12(13)25(38-27)37-26-14-8-3-4-9-15(14)28(39-26)41-31(19)44-32;/h2*1-11H,(H,53,54,55)(H2,37,38,39,40,41,42,43,44);/q;;+2/p-2. The summed E-state index contributed by atoms with van der Waals surface area (Å²) in [6.07, 6.45) is 0. The van der Waals surface area contributed by atoms with Gasteiger partial charge in [0.25, 0.3) is 72.4 Å². The number of hydrogen-bond donors (Lipinski definition) is 4. The molecule has 4 aliphatic heterocycles. The molecule has 6 aromatic heterocycles. The monoisotopic (exact) mass is 2030 g/mol. The molecular weight excluding hydrogens is 2010 g/mol. The van der Waals surface area contributed by atoms with Gasteiger partial charge in [-0.2, -0.15) is 0 Å². The van der Waals surface area contributed by atoms with E-state index in [1.165, 1.54) is 36.4 Å². The minimum absolute atomic E-state index is 0. The Kier molecular flexibility index (Phi) is 20.4. The minimum Gasteiger partial charge on any atom is -0.744 e. The number of aromatic amines is 4. The average Bonchev–Trinajstić information content (AvgIpc) is 1.63. The smallest absolute Gasteiger partial charge is 0.744 e. The summed E-state index contributed by atoms with van der Waals surface area (Å²) in [5.74, 6) is -2.41. The number of fused-ring (bicyclic) bond motifs is 40. The van der Waals surface area contributed by atoms with Crippen molar-refractivity contribution in [1.82, 2.24) is 79.7 Å². The molecule has 16 bridgehead atoms. The molecule has 57 heteroatoms. The number of benzene rings is 8. The molecule has 0 saturated carbocycles. The molecule has 10 heterocycles. The van der Waals surface area contributed by atoms with Gasteiger partial charge in [-0.25, -0.2) is 144 Å². The van der Waals surface area contributed by atoms with Crippen molar-refractivity contribution in [2.24, 2.45) is 0 Å². The van der Waals surface area contributed by atoms with Crippen molar-refractivity contribution < 1.29 is 110 Å². The second-order valence-electron chi connectivity index (χ2n) is 25.3. The maximum Gasteiger partial charge on any atom is 2.00 e. The molecule has 621 valence electrons. The van der Waals surface area contributed by atoms with E-state index in [2.05, 4.69) is 69.8 Å². The average molecular weight is 2040 g/mol. The van der Waals surface area contributed by atoms with Crippen LogP contribution >= 0.6 is 85.5 Å². The topological polar surface area (TPSA) is 605 Å². The summed E-state index contributed by atoms with van der Waals surface area (Å²) < 4.78 is 291. The van der Waals surface area contributed by atoms with Crippen LogP contribution in [0.1, 0.15) is 0 Å². The summed E-state index contributed by atoms with van der Waals surface area (Å²) in [5.41, 5.74) is -2.69. The first-order chi connectivity index (χ1) is 55.8. The molecular formula is C64H26Cl8CuN16O22S10. The van der Waals surface area contributed by atoms with Crippen molar-refractivity contribution in [2.45, 2.75) is 49.0 Å². The number of aromatic nitrogens is 16. The zero-order valence-corrected chi connectivity index (χ0v) is 72.6. The quantitative estimate of drug-likeness (QED) is 0.0561. The molecule has 0 amide bonds. The number of halogens is 8. The first-order valence-corrected chi connectivity index (χ1v) is 53.4. The van der Waals surface area contributed by atoms with Crippen LogP contribution in [0.15, 0.2) is 182 Å². The van der Waals surface area contributed by atoms with E-state index in [1.54, 1.807) is 84.9 Å². The Morgan fingerprint density at radius 2 is 0.397 bits per heavy atom. The predicted octanol–water partition coefficient (Wildman–Crippen LogP) is 11.0. The molecule has 0 spiro atoms. The van der Waals surface area contributed by atoms with Crippen LogP contribution in [-0.4, -0.2) is 173 Å². The number of hydrogen-bond acceptors (Lipinski definition) is 34. The largest absolute Gasteiger partial charge is 2.00 e. The molecule has 0 fully saturated rings. The van der Waals surface area contributed by atoms with Crippen LogP contribution < -0.4 is 0 Å². The van der Waals surface area contributed by atoms with Crippen LogP contribution in [0.25, 0.3) is 179 Å². The van der Waals surface area contributed by atoms with Crippen LogP contribution in [0, 0.1) is 0 Å². The summed E-state index contributed by atoms with van der Waals surface area (Å²) in [5, 5.41) is -2.33. The molecule has 0 unspecified atom stereocenters. The van der Waals surface area contributed by atoms with Gasteiger partial charge in [-0.1, -0.05) is 121 Å². The van der Waals surface area contributed by atoms with Crippen molar-refractivity contribution in [3.8, 4) is 91.1 Å². The summed E-state index contributed by atoms with van der Waals surface area (Å²) in [7, 11) is -9.83. The van der Waals surface area contributed by atoms with Crippen molar-refractivity contribution >= 4 is 266 Å². The van der Waals surface area contributed by atoms with Gasteiger partial charge in [0.2, 0.25) is 0 Å². The molecule has 1 radical (unpaired) electrons. The maximum atomic E-state index is 13.6. The number of H-pyrrole nitrogens is 4. The summed E-state index contributed by atoms with van der Waals surface area (Å²) >= 11 is 0. The Morgan fingerprint density at radius 1 is 0.215 bits per heavy atom. The van der Waals surface area contributed by atoms with Gasteiger partial charge in [-0.05, 0) is 12.1 Å². The fraction of sp³-hybridized carbons (Fsp3) is 0. The fourth-order valence-corrected chi connectivity index (χ4v) is 30.5. The van der Waals surface area contributed by atoms with Gasteiger partial charge < -0.3 is 29.0 Å². The molecule has 0 aliphatic carbocycles. The molecule has 0 atom stereocenters. The van der Waals surface area contributed by atoms with Gasteiger partial charge in [0.15, 0.2) is 46.6 Å². The van der Waals surface area contributed by atoms with E-state index in [9.17, 15) is 93.3 Å². The first-order valence-electron chi connectivity index (χ1n) is 32.1. The number of nitrogens with one attached hydrogen (secondary N) is 4. The van der Waals surface area contributed by atoms with Gasteiger partial charge in [0.05, 0.1) is 31.3 Å². The van der Waals surface area contributed by atoms with E-state index >= 15 is 0 Å². The normalized spacial score (nSPS) is 13.3. The van der Waals surface area contributed by atoms with Crippen LogP contribution in [0.2, 0.25) is 0 Å². The van der Waals surface area contributed by atoms with Crippen LogP contribution in [-0.2, 0) is 110 Å². The molecule has 18 rings (SSSR count). The molecule has 8 aromatic carbocycles. The summed E-state index contributed by atoms with van der Waals surface area (Å²) in [4.78, 5) is 49.3. The summed E-state index contributed by atoms with van der Waals surface area (Å²) in [6.45, 7) is 0. The Bertz CT molecular complexity index is 8400. The van der Waals surface area contributed by atoms with E-state index in [4.69, 9.17) is 95.4 Å². The predicted molar refractivity (Wildman–Crippen MR) is 432 cm³/mol. The molecule has 14 aromatic rings. The maximum absolute atomic E-state index is 13.6. The SMILES string of the molecule is O=S(=O)([O-])c1cccc2c1-c1nc-2nc2[nH]c(nc3nc(nc4[nH]c(n1)c1c(S(=O)(=O)Cl)c(S(=O)(=O)Cl)c(S(=O)(=O)Cl)c(S(=O)(=O)Cl)c41)-c1ccccc1-3)c1ccccc21.O=S(=O)([O-])c1cccc2c1-c1nc-2nc2[nH]c(nc3nc(nc4[nH]c(n1)c1c(S(=O)(=O)Cl)c(S(=O)(=O)Cl)c(S(=O)(=O)Cl)c(S(=O)(=O)Cl)c41)-c1ccccc1-3)c1ccccc21.[Cu+2]. The number of nitrogens with zero attached hydrogens (tertiary/aromatic N) is 12. The Hall–Kier alpha value is -9.26. The Labute approximate surface area is 722 Å². The molecule has 0 saturated heterocycles. The van der Waals surface area contributed by atoms with Crippen molar-refractivity contribution in [1.29, 1.82) is 0 Å². The van der Waals surface area contributed by atoms with Gasteiger partial charge in [0, 0.05) is 152 Å². The molecule has 121 heavy (non-hydrogen) atoms. The van der Waals surface area contributed by atoms with E-state index < -0.39 is 209 Å². The van der Waals surface area contributed by atoms with Gasteiger partial charge >= 0.3 is 17.1 Å². The zero-order valence-electron chi connectivity index (χ0n) is 57.5. The third-order valence-electron chi connectivity index (χ3n) is 18.3. The van der Waals surface area contributed by atoms with Gasteiger partial charge in [-0.15, -0.1) is 0 Å². The Balaban J connectivity index is 0.000000178.